The van der Waals surface area contributed by atoms with Crippen LogP contribution in [0.2, 0.25) is 0 Å². The number of ketones is 1. The van der Waals surface area contributed by atoms with Gasteiger partial charge in [-0.15, -0.1) is 0 Å². The van der Waals surface area contributed by atoms with E-state index in [1.54, 1.807) is 43.5 Å². The van der Waals surface area contributed by atoms with Crippen molar-refractivity contribution in [1.82, 2.24) is 15.1 Å². The van der Waals surface area contributed by atoms with Gasteiger partial charge in [-0.25, -0.2) is 4.68 Å². The highest BCUT2D eigenvalue weighted by molar-refractivity contribution is 6.11. The molecule has 0 saturated heterocycles. The molecule has 2 aromatic carbocycles. The minimum Gasteiger partial charge on any atom is -0.491 e. The van der Waals surface area contributed by atoms with Crippen LogP contribution in [-0.2, 0) is 9.47 Å². The second-order valence-electron chi connectivity index (χ2n) is 9.26. The number of rotatable bonds is 11. The van der Waals surface area contributed by atoms with Crippen LogP contribution in [0.25, 0.3) is 5.69 Å². The Morgan fingerprint density at radius 2 is 1.92 bits per heavy atom. The van der Waals surface area contributed by atoms with E-state index in [9.17, 15) is 9.59 Å². The van der Waals surface area contributed by atoms with Gasteiger partial charge in [0, 0.05) is 24.3 Å². The van der Waals surface area contributed by atoms with Crippen molar-refractivity contribution in [3.05, 3.63) is 70.9 Å². The normalized spacial score (nSPS) is 13.4. The zero-order chi connectivity index (χ0) is 25.9. The summed E-state index contributed by atoms with van der Waals surface area (Å²) in [5, 5.41) is 7.34. The Balaban J connectivity index is 1.49. The number of methoxy groups -OCH3 is 1. The van der Waals surface area contributed by atoms with Crippen LogP contribution in [0.5, 0.6) is 5.75 Å². The molecular weight excluding hydrogens is 460 g/mol. The molecule has 36 heavy (non-hydrogen) atoms. The highest BCUT2D eigenvalue weighted by Gasteiger charge is 2.25. The van der Waals surface area contributed by atoms with Gasteiger partial charge in [-0.3, -0.25) is 9.59 Å². The zero-order valence-corrected chi connectivity index (χ0v) is 21.0. The Morgan fingerprint density at radius 3 is 2.64 bits per heavy atom. The van der Waals surface area contributed by atoms with Crippen LogP contribution < -0.4 is 15.8 Å². The largest absolute Gasteiger partial charge is 0.491 e. The highest BCUT2D eigenvalue weighted by atomic mass is 16.7. The molecule has 0 radical (unpaired) electrons. The lowest BCUT2D eigenvalue weighted by atomic mass is 10.1. The molecule has 1 saturated carbocycles. The zero-order valence-electron chi connectivity index (χ0n) is 21.0. The first-order chi connectivity index (χ1) is 17.2. The number of nitrogens with zero attached hydrogens (tertiary/aromatic N) is 2. The number of ether oxygens (including phenoxy) is 3. The second-order valence-corrected chi connectivity index (χ2v) is 9.26. The molecule has 3 N–H and O–H groups in total. The Labute approximate surface area is 210 Å². The smallest absolute Gasteiger partial charge is 0.251 e. The van der Waals surface area contributed by atoms with E-state index in [1.165, 1.54) is 10.9 Å². The molecule has 1 amide bonds. The van der Waals surface area contributed by atoms with E-state index in [2.05, 4.69) is 10.4 Å². The SMILES string of the molecule is COC(C)(C)OCCOc1cccc(C(=O)c2cnn(-c3cc(C(=O)NC4CC4)ccc3C)c2N)c1. The molecule has 3 aromatic rings. The third-order valence-electron chi connectivity index (χ3n) is 6.05. The van der Waals surface area contributed by atoms with E-state index in [1.807, 2.05) is 26.8 Å². The number of anilines is 1. The summed E-state index contributed by atoms with van der Waals surface area (Å²) in [4.78, 5) is 25.8. The van der Waals surface area contributed by atoms with Gasteiger partial charge in [0.1, 0.15) is 18.2 Å². The van der Waals surface area contributed by atoms with Gasteiger partial charge >= 0.3 is 0 Å². The topological polar surface area (TPSA) is 118 Å². The third kappa shape index (κ3) is 5.92. The fourth-order valence-electron chi connectivity index (χ4n) is 3.59. The minimum atomic E-state index is -0.697. The molecule has 1 heterocycles. The molecule has 1 fully saturated rings. The fraction of sp³-hybridized carbons (Fsp3) is 0.370. The van der Waals surface area contributed by atoms with Crippen molar-refractivity contribution >= 4 is 17.5 Å². The molecule has 0 bridgehead atoms. The number of carbonyl (C=O) groups excluding carboxylic acids is 2. The predicted octanol–water partition coefficient (Wildman–Crippen LogP) is 3.66. The Kier molecular flexibility index (Phi) is 7.42. The van der Waals surface area contributed by atoms with E-state index in [4.69, 9.17) is 19.9 Å². The quantitative estimate of drug-likeness (QED) is 0.238. The number of hydrogen-bond donors (Lipinski definition) is 2. The van der Waals surface area contributed by atoms with Crippen molar-refractivity contribution in [3.63, 3.8) is 0 Å². The maximum atomic E-state index is 13.3. The summed E-state index contributed by atoms with van der Waals surface area (Å²) >= 11 is 0. The lowest BCUT2D eigenvalue weighted by Gasteiger charge is -2.23. The maximum absolute atomic E-state index is 13.3. The monoisotopic (exact) mass is 492 g/mol. The van der Waals surface area contributed by atoms with Crippen molar-refractivity contribution in [3.8, 4) is 11.4 Å². The average Bonchev–Trinajstić information content (AvgIpc) is 3.60. The number of benzene rings is 2. The third-order valence-corrected chi connectivity index (χ3v) is 6.05. The van der Waals surface area contributed by atoms with Crippen LogP contribution in [0, 0.1) is 6.92 Å². The maximum Gasteiger partial charge on any atom is 0.251 e. The second kappa shape index (κ2) is 10.5. The molecule has 1 aliphatic carbocycles. The van der Waals surface area contributed by atoms with Gasteiger partial charge in [0.2, 0.25) is 0 Å². The van der Waals surface area contributed by atoms with Gasteiger partial charge in [-0.2, -0.15) is 5.10 Å². The van der Waals surface area contributed by atoms with Crippen LogP contribution in [0.3, 0.4) is 0 Å². The van der Waals surface area contributed by atoms with Crippen LogP contribution >= 0.6 is 0 Å². The molecule has 0 atom stereocenters. The number of hydrogen-bond acceptors (Lipinski definition) is 7. The van der Waals surface area contributed by atoms with Gasteiger partial charge < -0.3 is 25.3 Å². The average molecular weight is 493 g/mol. The Bertz CT molecular complexity index is 1260. The van der Waals surface area contributed by atoms with Gasteiger partial charge in [0.05, 0.1) is 24.1 Å². The van der Waals surface area contributed by atoms with E-state index < -0.39 is 5.79 Å². The van der Waals surface area contributed by atoms with Gasteiger partial charge in [-0.05, 0) is 63.4 Å². The van der Waals surface area contributed by atoms with Crippen molar-refractivity contribution in [2.45, 2.75) is 45.4 Å². The lowest BCUT2D eigenvalue weighted by molar-refractivity contribution is -0.199. The van der Waals surface area contributed by atoms with Gasteiger partial charge in [0.25, 0.3) is 5.91 Å². The lowest BCUT2D eigenvalue weighted by Crippen LogP contribution is -2.28. The molecule has 190 valence electrons. The van der Waals surface area contributed by atoms with Crippen molar-refractivity contribution < 1.29 is 23.8 Å². The molecule has 1 aliphatic rings. The standard InChI is InChI=1S/C27H32N4O5/c1-17-8-9-19(26(33)30-20-10-11-20)15-23(17)31-25(28)22(16-29-31)24(32)18-6-5-7-21(14-18)35-12-13-36-27(2,3)34-4/h5-9,14-16,20H,10-13,28H2,1-4H3,(H,30,33). The van der Waals surface area contributed by atoms with Gasteiger partial charge in [-0.1, -0.05) is 18.2 Å². The van der Waals surface area contributed by atoms with Crippen molar-refractivity contribution in [2.24, 2.45) is 0 Å². The van der Waals surface area contributed by atoms with Crippen molar-refractivity contribution in [1.29, 1.82) is 0 Å². The summed E-state index contributed by atoms with van der Waals surface area (Å²) < 4.78 is 18.0. The van der Waals surface area contributed by atoms with Crippen molar-refractivity contribution in [2.75, 3.05) is 26.1 Å². The summed E-state index contributed by atoms with van der Waals surface area (Å²) in [5.41, 5.74) is 9.10. The van der Waals surface area contributed by atoms with Crippen LogP contribution in [0.1, 0.15) is 58.5 Å². The first kappa shape index (κ1) is 25.4. The number of nitrogens with one attached hydrogen (secondary N) is 1. The van der Waals surface area contributed by atoms with E-state index in [0.717, 1.165) is 18.4 Å². The molecular formula is C27H32N4O5. The molecule has 9 heteroatoms. The fourth-order valence-corrected chi connectivity index (χ4v) is 3.59. The van der Waals surface area contributed by atoms with Crippen LogP contribution in [0.4, 0.5) is 5.82 Å². The summed E-state index contributed by atoms with van der Waals surface area (Å²) in [5.74, 6) is -0.368. The molecule has 0 spiro atoms. The van der Waals surface area contributed by atoms with E-state index >= 15 is 0 Å². The first-order valence-electron chi connectivity index (χ1n) is 11.9. The number of aromatic nitrogens is 2. The minimum absolute atomic E-state index is 0.131. The highest BCUT2D eigenvalue weighted by Crippen LogP contribution is 2.25. The summed E-state index contributed by atoms with van der Waals surface area (Å²) in [7, 11) is 1.58. The Hall–Kier alpha value is -3.69. The molecule has 0 aliphatic heterocycles. The molecule has 9 nitrogen and oxygen atoms in total. The Morgan fingerprint density at radius 1 is 1.14 bits per heavy atom. The number of aryl methyl sites for hydroxylation is 1. The summed E-state index contributed by atoms with van der Waals surface area (Å²) in [6.45, 7) is 6.16. The first-order valence-corrected chi connectivity index (χ1v) is 11.9. The number of nitrogen functional groups attached to an aromatic ring is 1. The number of carbonyl (C=O) groups is 2. The summed E-state index contributed by atoms with van der Waals surface area (Å²) in [6.07, 6.45) is 3.46. The summed E-state index contributed by atoms with van der Waals surface area (Å²) in [6, 6.07) is 12.5. The van der Waals surface area contributed by atoms with E-state index in [-0.39, 0.29) is 29.1 Å². The predicted molar refractivity (Wildman–Crippen MR) is 136 cm³/mol. The molecule has 4 rings (SSSR count). The van der Waals surface area contributed by atoms with Gasteiger partial charge in [0.15, 0.2) is 11.6 Å². The van der Waals surface area contributed by atoms with E-state index in [0.29, 0.717) is 35.8 Å². The number of nitrogens with two attached hydrogens (primary N) is 1. The van der Waals surface area contributed by atoms with Crippen LogP contribution in [-0.4, -0.2) is 53.6 Å². The molecule has 1 aromatic heterocycles. The number of amides is 1. The molecule has 0 unspecified atom stereocenters. The van der Waals surface area contributed by atoms with Crippen LogP contribution in [0.15, 0.2) is 48.7 Å².